The van der Waals surface area contributed by atoms with E-state index in [1.807, 2.05) is 13.8 Å². The molecule has 0 saturated heterocycles. The highest BCUT2D eigenvalue weighted by Crippen LogP contribution is 2.12. The van der Waals surface area contributed by atoms with Gasteiger partial charge < -0.3 is 10.5 Å². The van der Waals surface area contributed by atoms with Gasteiger partial charge >= 0.3 is 11.7 Å². The molecule has 8 nitrogen and oxygen atoms in total. The quantitative estimate of drug-likeness (QED) is 0.416. The molecular weight excluding hydrogens is 398 g/mol. The number of nitrogen functional groups attached to an aromatic ring is 1. The third-order valence-electron chi connectivity index (χ3n) is 4.02. The maximum atomic E-state index is 12.5. The summed E-state index contributed by atoms with van der Waals surface area (Å²) in [5.41, 5.74) is 4.78. The number of nitrogens with zero attached hydrogens (tertiary/aromatic N) is 2. The molecule has 1 heterocycles. The first-order valence-electron chi connectivity index (χ1n) is 8.84. The van der Waals surface area contributed by atoms with Crippen molar-refractivity contribution in [3.8, 4) is 0 Å². The van der Waals surface area contributed by atoms with E-state index in [1.165, 1.54) is 17.7 Å². The van der Waals surface area contributed by atoms with Gasteiger partial charge in [-0.05, 0) is 29.7 Å². The number of nitrogens with two attached hydrogens (primary N) is 1. The molecule has 0 saturated carbocycles. The molecule has 0 radical (unpaired) electrons. The fraction of sp³-hybridized carbons (Fsp3) is 0.300. The smallest absolute Gasteiger partial charge is 0.332 e. The van der Waals surface area contributed by atoms with Crippen molar-refractivity contribution in [2.24, 2.45) is 13.0 Å². The zero-order valence-electron chi connectivity index (χ0n) is 16.3. The van der Waals surface area contributed by atoms with E-state index in [4.69, 9.17) is 22.1 Å². The summed E-state index contributed by atoms with van der Waals surface area (Å²) < 4.78 is 6.89. The molecule has 0 unspecified atom stereocenters. The molecule has 154 valence electrons. The molecule has 0 spiro atoms. The number of carbonyl (C=O) groups excluding carboxylic acids is 2. The van der Waals surface area contributed by atoms with Gasteiger partial charge in [0.2, 0.25) is 5.78 Å². The van der Waals surface area contributed by atoms with Crippen LogP contribution >= 0.6 is 11.6 Å². The number of hydrogen-bond acceptors (Lipinski definition) is 6. The zero-order valence-corrected chi connectivity index (χ0v) is 17.1. The Morgan fingerprint density at radius 3 is 2.59 bits per heavy atom. The van der Waals surface area contributed by atoms with Crippen LogP contribution in [0.15, 0.2) is 39.9 Å². The van der Waals surface area contributed by atoms with Crippen LogP contribution in [0.3, 0.4) is 0 Å². The number of carbonyl (C=O) groups is 2. The van der Waals surface area contributed by atoms with E-state index in [1.54, 1.807) is 24.3 Å². The minimum Gasteiger partial charge on any atom is -0.454 e. The standard InChI is InChI=1S/C20H22ClN3O5/c1-12(2)10-24-18(22)17(19(27)23(3)20(24)28)15(25)11-29-16(26)8-7-13-5-4-6-14(21)9-13/h4-9,12H,10-11,22H2,1-3H3/b8-7+. The predicted octanol–water partition coefficient (Wildman–Crippen LogP) is 1.88. The van der Waals surface area contributed by atoms with Crippen LogP contribution in [0.25, 0.3) is 6.08 Å². The average Bonchev–Trinajstić information content (AvgIpc) is 2.66. The third-order valence-corrected chi connectivity index (χ3v) is 4.25. The van der Waals surface area contributed by atoms with Gasteiger partial charge in [0, 0.05) is 24.7 Å². The second-order valence-electron chi connectivity index (χ2n) is 6.83. The Morgan fingerprint density at radius 2 is 1.97 bits per heavy atom. The molecule has 0 fully saturated rings. The van der Waals surface area contributed by atoms with Crippen molar-refractivity contribution in [1.29, 1.82) is 0 Å². The number of halogens is 1. The fourth-order valence-electron chi connectivity index (χ4n) is 2.62. The molecule has 2 rings (SSSR count). The minimum absolute atomic E-state index is 0.0601. The Kier molecular flexibility index (Phi) is 7.17. The molecule has 0 amide bonds. The van der Waals surface area contributed by atoms with Crippen LogP contribution in [-0.4, -0.2) is 27.5 Å². The molecule has 29 heavy (non-hydrogen) atoms. The van der Waals surface area contributed by atoms with Crippen LogP contribution in [0.2, 0.25) is 5.02 Å². The van der Waals surface area contributed by atoms with Crippen molar-refractivity contribution in [1.82, 2.24) is 9.13 Å². The topological polar surface area (TPSA) is 113 Å². The first-order valence-corrected chi connectivity index (χ1v) is 9.22. The van der Waals surface area contributed by atoms with Crippen LogP contribution in [-0.2, 0) is 23.1 Å². The molecule has 9 heteroatoms. The summed E-state index contributed by atoms with van der Waals surface area (Å²) in [5, 5.41) is 0.513. The number of esters is 1. The van der Waals surface area contributed by atoms with Crippen molar-refractivity contribution in [2.75, 3.05) is 12.3 Å². The lowest BCUT2D eigenvalue weighted by Gasteiger charge is -2.16. The van der Waals surface area contributed by atoms with Crippen molar-refractivity contribution < 1.29 is 14.3 Å². The van der Waals surface area contributed by atoms with Gasteiger partial charge in [-0.3, -0.25) is 18.7 Å². The summed E-state index contributed by atoms with van der Waals surface area (Å²) in [6, 6.07) is 6.81. The van der Waals surface area contributed by atoms with E-state index >= 15 is 0 Å². The van der Waals surface area contributed by atoms with Crippen LogP contribution in [0.1, 0.15) is 29.8 Å². The van der Waals surface area contributed by atoms with Gasteiger partial charge in [0.1, 0.15) is 11.4 Å². The second kappa shape index (κ2) is 9.38. The first kappa shape index (κ1) is 22.2. The number of Topliss-reactive ketones (excluding diaryl/α,β-unsaturated/α-hetero) is 1. The Morgan fingerprint density at radius 1 is 1.28 bits per heavy atom. The maximum Gasteiger partial charge on any atom is 0.332 e. The number of ether oxygens (including phenoxy) is 1. The lowest BCUT2D eigenvalue weighted by Crippen LogP contribution is -2.43. The van der Waals surface area contributed by atoms with Gasteiger partial charge in [-0.2, -0.15) is 0 Å². The highest BCUT2D eigenvalue weighted by Gasteiger charge is 2.22. The van der Waals surface area contributed by atoms with Gasteiger partial charge in [-0.15, -0.1) is 0 Å². The number of ketones is 1. The SMILES string of the molecule is CC(C)Cn1c(N)c(C(=O)COC(=O)/C=C/c2cccc(Cl)c2)c(=O)n(C)c1=O. The van der Waals surface area contributed by atoms with Crippen molar-refractivity contribution in [2.45, 2.75) is 20.4 Å². The van der Waals surface area contributed by atoms with E-state index in [0.717, 1.165) is 10.6 Å². The summed E-state index contributed by atoms with van der Waals surface area (Å²) in [5.74, 6) is -1.73. The molecule has 0 bridgehead atoms. The normalized spacial score (nSPS) is 11.2. The zero-order chi connectivity index (χ0) is 21.7. The van der Waals surface area contributed by atoms with Gasteiger partial charge in [-0.1, -0.05) is 37.6 Å². The number of hydrogen-bond donors (Lipinski definition) is 1. The molecule has 2 N–H and O–H groups in total. The van der Waals surface area contributed by atoms with Gasteiger partial charge in [0.25, 0.3) is 5.56 Å². The molecule has 2 aromatic rings. The molecular formula is C20H22ClN3O5. The van der Waals surface area contributed by atoms with Crippen molar-refractivity contribution in [3.05, 3.63) is 67.3 Å². The fourth-order valence-corrected chi connectivity index (χ4v) is 2.82. The number of benzene rings is 1. The summed E-state index contributed by atoms with van der Waals surface area (Å²) in [7, 11) is 1.26. The van der Waals surface area contributed by atoms with Gasteiger partial charge in [-0.25, -0.2) is 9.59 Å². The molecule has 1 aromatic heterocycles. The lowest BCUT2D eigenvalue weighted by atomic mass is 10.1. The molecule has 0 atom stereocenters. The Hall–Kier alpha value is -3.13. The van der Waals surface area contributed by atoms with E-state index in [9.17, 15) is 19.2 Å². The Bertz CT molecular complexity index is 1080. The summed E-state index contributed by atoms with van der Waals surface area (Å²) in [6.07, 6.45) is 2.62. The number of aromatic nitrogens is 2. The van der Waals surface area contributed by atoms with Crippen LogP contribution in [0.5, 0.6) is 0 Å². The summed E-state index contributed by atoms with van der Waals surface area (Å²) >= 11 is 5.87. The van der Waals surface area contributed by atoms with Crippen molar-refractivity contribution in [3.63, 3.8) is 0 Å². The van der Waals surface area contributed by atoms with Crippen LogP contribution < -0.4 is 17.0 Å². The molecule has 0 aliphatic carbocycles. The minimum atomic E-state index is -0.831. The first-order chi connectivity index (χ1) is 13.6. The lowest BCUT2D eigenvalue weighted by molar-refractivity contribution is -0.136. The molecule has 0 aliphatic heterocycles. The number of anilines is 1. The second-order valence-corrected chi connectivity index (χ2v) is 7.27. The number of rotatable bonds is 7. The van der Waals surface area contributed by atoms with E-state index in [2.05, 4.69) is 0 Å². The summed E-state index contributed by atoms with van der Waals surface area (Å²) in [6.45, 7) is 3.29. The molecule has 1 aromatic carbocycles. The van der Waals surface area contributed by atoms with Crippen LogP contribution in [0, 0.1) is 5.92 Å². The highest BCUT2D eigenvalue weighted by atomic mass is 35.5. The third kappa shape index (κ3) is 5.45. The largest absolute Gasteiger partial charge is 0.454 e. The maximum absolute atomic E-state index is 12.5. The van der Waals surface area contributed by atoms with Crippen molar-refractivity contribution >= 4 is 35.2 Å². The van der Waals surface area contributed by atoms with E-state index < -0.39 is 29.6 Å². The van der Waals surface area contributed by atoms with E-state index in [-0.39, 0.29) is 23.8 Å². The monoisotopic (exact) mass is 419 g/mol. The average molecular weight is 420 g/mol. The Labute approximate surface area is 172 Å². The van der Waals surface area contributed by atoms with Crippen LogP contribution in [0.4, 0.5) is 5.82 Å². The molecule has 0 aliphatic rings. The van der Waals surface area contributed by atoms with Gasteiger partial charge in [0.05, 0.1) is 0 Å². The van der Waals surface area contributed by atoms with Gasteiger partial charge in [0.15, 0.2) is 6.61 Å². The highest BCUT2D eigenvalue weighted by molar-refractivity contribution is 6.30. The Balaban J connectivity index is 2.18. The predicted molar refractivity (Wildman–Crippen MR) is 111 cm³/mol. The summed E-state index contributed by atoms with van der Waals surface area (Å²) in [4.78, 5) is 49.0. The van der Waals surface area contributed by atoms with E-state index in [0.29, 0.717) is 10.6 Å².